The van der Waals surface area contributed by atoms with E-state index in [1.807, 2.05) is 6.07 Å². The average Bonchev–Trinajstić information content (AvgIpc) is 3.27. The molecular weight excluding hydrogens is 685 g/mol. The van der Waals surface area contributed by atoms with Crippen LogP contribution >= 0.6 is 0 Å². The second-order valence-electron chi connectivity index (χ2n) is 13.7. The van der Waals surface area contributed by atoms with E-state index >= 15 is 0 Å². The largest absolute Gasteiger partial charge is 0.497 e. The summed E-state index contributed by atoms with van der Waals surface area (Å²) in [6, 6.07) is 72.9. The molecule has 0 amide bonds. The molecule has 0 heterocycles. The molecule has 270 valence electrons. The van der Waals surface area contributed by atoms with Crippen LogP contribution in [0.1, 0.15) is 0 Å². The van der Waals surface area contributed by atoms with Crippen LogP contribution < -0.4 is 19.3 Å². The fourth-order valence-electron chi connectivity index (χ4n) is 7.60. The van der Waals surface area contributed by atoms with Gasteiger partial charge in [-0.2, -0.15) is 0 Å². The summed E-state index contributed by atoms with van der Waals surface area (Å²) in [7, 11) is 3.43. The second-order valence-corrected chi connectivity index (χ2v) is 13.7. The van der Waals surface area contributed by atoms with E-state index in [0.717, 1.165) is 83.9 Å². The first-order chi connectivity index (χ1) is 27.7. The van der Waals surface area contributed by atoms with Crippen molar-refractivity contribution < 1.29 is 9.47 Å². The van der Waals surface area contributed by atoms with Gasteiger partial charge in [0.25, 0.3) is 0 Å². The van der Waals surface area contributed by atoms with Gasteiger partial charge in [-0.3, -0.25) is 0 Å². The highest BCUT2D eigenvalue weighted by atomic mass is 16.5. The molecule has 0 atom stereocenters. The average molecular weight is 725 g/mol. The Balaban J connectivity index is 1.01. The minimum Gasteiger partial charge on any atom is -0.497 e. The molecule has 0 bridgehead atoms. The van der Waals surface area contributed by atoms with Gasteiger partial charge in [0.2, 0.25) is 0 Å². The van der Waals surface area contributed by atoms with Gasteiger partial charge in [-0.05, 0) is 112 Å². The van der Waals surface area contributed by atoms with Crippen molar-refractivity contribution in [3.05, 3.63) is 206 Å². The molecule has 9 aromatic rings. The minimum absolute atomic E-state index is 0.825. The molecule has 0 unspecified atom stereocenters. The molecule has 4 nitrogen and oxygen atoms in total. The number of nitrogens with zero attached hydrogens (tertiary/aromatic N) is 2. The van der Waals surface area contributed by atoms with Crippen LogP contribution in [-0.4, -0.2) is 14.2 Å². The van der Waals surface area contributed by atoms with E-state index in [4.69, 9.17) is 9.47 Å². The molecule has 9 aromatic carbocycles. The third-order valence-corrected chi connectivity index (χ3v) is 10.4. The maximum Gasteiger partial charge on any atom is 0.121 e. The van der Waals surface area contributed by atoms with E-state index in [0.29, 0.717) is 0 Å². The van der Waals surface area contributed by atoms with Crippen LogP contribution in [0.15, 0.2) is 206 Å². The Bertz CT molecular complexity index is 2750. The number of para-hydroxylation sites is 2. The maximum atomic E-state index is 5.74. The zero-order chi connectivity index (χ0) is 37.8. The minimum atomic E-state index is 0.825. The van der Waals surface area contributed by atoms with Gasteiger partial charge in [0.1, 0.15) is 11.5 Å². The lowest BCUT2D eigenvalue weighted by atomic mass is 9.99. The molecule has 4 heteroatoms. The third-order valence-electron chi connectivity index (χ3n) is 10.4. The van der Waals surface area contributed by atoms with E-state index < -0.39 is 0 Å². The number of methoxy groups -OCH3 is 2. The molecule has 0 aliphatic heterocycles. The Hall–Kier alpha value is -7.30. The van der Waals surface area contributed by atoms with Crippen LogP contribution in [0.5, 0.6) is 11.5 Å². The quantitative estimate of drug-likeness (QED) is 0.140. The molecule has 0 saturated heterocycles. The summed E-state index contributed by atoms with van der Waals surface area (Å²) in [5, 5.41) is 4.58. The maximum absolute atomic E-state index is 5.74. The van der Waals surface area contributed by atoms with Gasteiger partial charge in [0.15, 0.2) is 0 Å². The Labute approximate surface area is 328 Å². The Morgan fingerprint density at radius 2 is 0.714 bits per heavy atom. The van der Waals surface area contributed by atoms with Crippen molar-refractivity contribution in [3.8, 4) is 33.8 Å². The number of anilines is 6. The molecule has 0 N–H and O–H groups in total. The third kappa shape index (κ3) is 6.69. The summed E-state index contributed by atoms with van der Waals surface area (Å²) in [5.41, 5.74) is 11.2. The Morgan fingerprint density at radius 1 is 0.304 bits per heavy atom. The first-order valence-corrected chi connectivity index (χ1v) is 18.8. The highest BCUT2D eigenvalue weighted by Crippen LogP contribution is 2.43. The summed E-state index contributed by atoms with van der Waals surface area (Å²) in [5.74, 6) is 1.67. The Kier molecular flexibility index (Phi) is 9.36. The van der Waals surface area contributed by atoms with Gasteiger partial charge in [-0.1, -0.05) is 121 Å². The van der Waals surface area contributed by atoms with Crippen LogP contribution in [0, 0.1) is 0 Å². The molecule has 0 radical (unpaired) electrons. The lowest BCUT2D eigenvalue weighted by Crippen LogP contribution is -2.10. The smallest absolute Gasteiger partial charge is 0.121 e. The van der Waals surface area contributed by atoms with Gasteiger partial charge in [0, 0.05) is 39.6 Å². The van der Waals surface area contributed by atoms with Gasteiger partial charge >= 0.3 is 0 Å². The van der Waals surface area contributed by atoms with Crippen LogP contribution in [-0.2, 0) is 0 Å². The number of fused-ring (bicyclic) bond motifs is 2. The van der Waals surface area contributed by atoms with Crippen molar-refractivity contribution >= 4 is 55.7 Å². The van der Waals surface area contributed by atoms with Gasteiger partial charge < -0.3 is 19.3 Å². The van der Waals surface area contributed by atoms with Crippen molar-refractivity contribution in [2.45, 2.75) is 0 Å². The van der Waals surface area contributed by atoms with Crippen molar-refractivity contribution in [1.82, 2.24) is 0 Å². The van der Waals surface area contributed by atoms with Crippen molar-refractivity contribution in [1.29, 1.82) is 0 Å². The number of benzene rings is 9. The molecule has 0 aromatic heterocycles. The van der Waals surface area contributed by atoms with Gasteiger partial charge in [0.05, 0.1) is 25.6 Å². The van der Waals surface area contributed by atoms with Crippen LogP contribution in [0.4, 0.5) is 34.1 Å². The second kappa shape index (κ2) is 15.2. The van der Waals surface area contributed by atoms with Crippen molar-refractivity contribution in [2.75, 3.05) is 24.0 Å². The monoisotopic (exact) mass is 724 g/mol. The highest BCUT2D eigenvalue weighted by molar-refractivity contribution is 6.01. The molecule has 56 heavy (non-hydrogen) atoms. The van der Waals surface area contributed by atoms with Crippen LogP contribution in [0.3, 0.4) is 0 Å². The summed E-state index contributed by atoms with van der Waals surface area (Å²) in [4.78, 5) is 4.62. The first-order valence-electron chi connectivity index (χ1n) is 18.8. The van der Waals surface area contributed by atoms with Gasteiger partial charge in [-0.25, -0.2) is 0 Å². The first kappa shape index (κ1) is 34.5. The topological polar surface area (TPSA) is 24.9 Å². The van der Waals surface area contributed by atoms with E-state index in [1.165, 1.54) is 5.56 Å². The Morgan fingerprint density at radius 3 is 1.25 bits per heavy atom. The van der Waals surface area contributed by atoms with Crippen molar-refractivity contribution in [2.24, 2.45) is 0 Å². The van der Waals surface area contributed by atoms with E-state index in [-0.39, 0.29) is 0 Å². The summed E-state index contributed by atoms with van der Waals surface area (Å²) in [6.45, 7) is 0. The van der Waals surface area contributed by atoms with E-state index in [1.54, 1.807) is 14.2 Å². The number of ether oxygens (including phenoxy) is 2. The molecule has 0 fully saturated rings. The lowest BCUT2D eigenvalue weighted by molar-refractivity contribution is 0.415. The van der Waals surface area contributed by atoms with E-state index in [9.17, 15) is 0 Å². The standard InChI is InChI=1S/C52H40N2O2/c1-55-47-32-33-50-42(34-47)13-11-19-51(50)53(43-14-5-3-6-15-43)45-28-24-39(25-29-45)37-20-22-38(23-21-37)40-26-30-46(31-27-40)54(44-16-7-4-8-17-44)52-36-48(56-2)35-41-12-9-10-18-49(41)52/h3-36H,1-2H3. The zero-order valence-corrected chi connectivity index (χ0v) is 31.3. The van der Waals surface area contributed by atoms with E-state index in [2.05, 4.69) is 210 Å². The molecule has 0 saturated carbocycles. The summed E-state index contributed by atoms with van der Waals surface area (Å²) in [6.07, 6.45) is 0. The zero-order valence-electron chi connectivity index (χ0n) is 31.3. The number of hydrogen-bond donors (Lipinski definition) is 0. The molecule has 9 rings (SSSR count). The number of hydrogen-bond acceptors (Lipinski definition) is 4. The SMILES string of the molecule is COc1ccc2c(N(c3ccccc3)c3ccc(-c4ccc(-c5ccc(N(c6ccccc6)c6cc(OC)cc7ccccc67)cc5)cc4)cc3)cccc2c1. The predicted octanol–water partition coefficient (Wildman–Crippen LogP) is 14.3. The van der Waals surface area contributed by atoms with Crippen LogP contribution in [0.25, 0.3) is 43.8 Å². The fraction of sp³-hybridized carbons (Fsp3) is 0.0385. The fourth-order valence-corrected chi connectivity index (χ4v) is 7.60. The highest BCUT2D eigenvalue weighted by Gasteiger charge is 2.18. The molecule has 0 aliphatic rings. The lowest BCUT2D eigenvalue weighted by Gasteiger charge is -2.27. The van der Waals surface area contributed by atoms with Crippen LogP contribution in [0.2, 0.25) is 0 Å². The van der Waals surface area contributed by atoms with Gasteiger partial charge in [-0.15, -0.1) is 0 Å². The summed E-state index contributed by atoms with van der Waals surface area (Å²) < 4.78 is 11.3. The number of rotatable bonds is 10. The van der Waals surface area contributed by atoms with Crippen molar-refractivity contribution in [3.63, 3.8) is 0 Å². The predicted molar refractivity (Wildman–Crippen MR) is 235 cm³/mol. The molecular formula is C52H40N2O2. The molecule has 0 spiro atoms. The summed E-state index contributed by atoms with van der Waals surface area (Å²) >= 11 is 0. The normalized spacial score (nSPS) is 11.0. The molecule has 0 aliphatic carbocycles.